The number of ether oxygens (including phenoxy) is 3. The second kappa shape index (κ2) is 68.3. The topological polar surface area (TPSA) is 78.9 Å². The van der Waals surface area contributed by atoms with Crippen LogP contribution in [0.4, 0.5) is 0 Å². The molecule has 0 aliphatic rings. The molecule has 0 fully saturated rings. The van der Waals surface area contributed by atoms with Gasteiger partial charge in [-0.3, -0.25) is 14.4 Å². The smallest absolute Gasteiger partial charge is 0.306 e. The first kappa shape index (κ1) is 76.9. The molecule has 0 radical (unpaired) electrons. The van der Waals surface area contributed by atoms with Crippen molar-refractivity contribution in [2.24, 2.45) is 0 Å². The summed E-state index contributed by atoms with van der Waals surface area (Å²) < 4.78 is 16.9. The fourth-order valence-corrected chi connectivity index (χ4v) is 10.3. The second-order valence-corrected chi connectivity index (χ2v) is 23.4. The molecule has 0 aromatic heterocycles. The molecular formula is C74H132O6. The SMILES string of the molecule is CC/C=C\C/C=C\C/C=C\C/C=C\C/C=C\C/C=C\CCCCCCCCCCC(=O)OCC(COC(=O)CCCCCCCCCCCC)OC(=O)CCCCCCCCCCCCCCCCCCCCCCCCCCC. The van der Waals surface area contributed by atoms with Crippen molar-refractivity contribution < 1.29 is 28.6 Å². The monoisotopic (exact) mass is 1120 g/mol. The number of allylic oxidation sites excluding steroid dienone is 12. The molecule has 6 nitrogen and oxygen atoms in total. The van der Waals surface area contributed by atoms with Crippen molar-refractivity contribution in [2.75, 3.05) is 13.2 Å². The Balaban J connectivity index is 4.20. The first-order chi connectivity index (χ1) is 39.5. The minimum absolute atomic E-state index is 0.0729. The largest absolute Gasteiger partial charge is 0.462 e. The molecule has 0 spiro atoms. The molecule has 0 aromatic carbocycles. The molecule has 0 amide bonds. The number of hydrogen-bond acceptors (Lipinski definition) is 6. The third-order valence-corrected chi connectivity index (χ3v) is 15.5. The molecule has 6 heteroatoms. The lowest BCUT2D eigenvalue weighted by Gasteiger charge is -2.18. The Hall–Kier alpha value is -3.15. The minimum atomic E-state index is -0.776. The second-order valence-electron chi connectivity index (χ2n) is 23.4. The van der Waals surface area contributed by atoms with E-state index in [0.717, 1.165) is 103 Å². The lowest BCUT2D eigenvalue weighted by atomic mass is 10.0. The van der Waals surface area contributed by atoms with Crippen LogP contribution in [-0.2, 0) is 28.6 Å². The number of esters is 3. The maximum Gasteiger partial charge on any atom is 0.306 e. The number of carbonyl (C=O) groups is 3. The predicted octanol–water partition coefficient (Wildman–Crippen LogP) is 24.1. The van der Waals surface area contributed by atoms with Crippen LogP contribution in [0.15, 0.2) is 72.9 Å². The van der Waals surface area contributed by atoms with Crippen LogP contribution in [0.25, 0.3) is 0 Å². The summed E-state index contributed by atoms with van der Waals surface area (Å²) in [7, 11) is 0. The molecule has 0 aromatic rings. The number of unbranched alkanes of at least 4 members (excludes halogenated alkanes) is 41. The van der Waals surface area contributed by atoms with Crippen LogP contribution in [0.1, 0.15) is 361 Å². The summed E-state index contributed by atoms with van der Waals surface area (Å²) in [6.07, 6.45) is 89.4. The Bertz CT molecular complexity index is 1470. The van der Waals surface area contributed by atoms with E-state index < -0.39 is 6.10 Å². The van der Waals surface area contributed by atoms with Gasteiger partial charge in [0, 0.05) is 19.3 Å². The number of rotatable bonds is 64. The normalized spacial score (nSPS) is 12.5. The Labute approximate surface area is 497 Å². The van der Waals surface area contributed by atoms with Gasteiger partial charge < -0.3 is 14.2 Å². The van der Waals surface area contributed by atoms with Gasteiger partial charge >= 0.3 is 17.9 Å². The van der Waals surface area contributed by atoms with E-state index in [0.29, 0.717) is 19.3 Å². The van der Waals surface area contributed by atoms with Gasteiger partial charge in [0.15, 0.2) is 6.10 Å². The van der Waals surface area contributed by atoms with Crippen LogP contribution < -0.4 is 0 Å². The van der Waals surface area contributed by atoms with Crippen LogP contribution in [0, 0.1) is 0 Å². The van der Waals surface area contributed by atoms with E-state index >= 15 is 0 Å². The van der Waals surface area contributed by atoms with Crippen molar-refractivity contribution in [3.63, 3.8) is 0 Å². The van der Waals surface area contributed by atoms with Crippen LogP contribution in [0.5, 0.6) is 0 Å². The number of hydrogen-bond donors (Lipinski definition) is 0. The van der Waals surface area contributed by atoms with Gasteiger partial charge in [-0.15, -0.1) is 0 Å². The summed E-state index contributed by atoms with van der Waals surface area (Å²) in [4.78, 5) is 38.3. The van der Waals surface area contributed by atoms with Gasteiger partial charge in [-0.05, 0) is 70.6 Å². The lowest BCUT2D eigenvalue weighted by molar-refractivity contribution is -0.167. The Morgan fingerprint density at radius 2 is 0.487 bits per heavy atom. The van der Waals surface area contributed by atoms with Gasteiger partial charge in [-0.2, -0.15) is 0 Å². The average Bonchev–Trinajstić information content (AvgIpc) is 3.46. The highest BCUT2D eigenvalue weighted by atomic mass is 16.6. The van der Waals surface area contributed by atoms with Crippen molar-refractivity contribution in [2.45, 2.75) is 367 Å². The van der Waals surface area contributed by atoms with Gasteiger partial charge in [0.1, 0.15) is 13.2 Å². The summed E-state index contributed by atoms with van der Waals surface area (Å²) in [5, 5.41) is 0. The van der Waals surface area contributed by atoms with Crippen molar-refractivity contribution in [3.8, 4) is 0 Å². The molecule has 0 aliphatic heterocycles. The van der Waals surface area contributed by atoms with Gasteiger partial charge in [-0.1, -0.05) is 344 Å². The zero-order chi connectivity index (χ0) is 57.8. The Kier molecular flexibility index (Phi) is 65.7. The molecule has 0 aliphatic carbocycles. The molecule has 0 saturated heterocycles. The summed E-state index contributed by atoms with van der Waals surface area (Å²) in [5.41, 5.74) is 0. The summed E-state index contributed by atoms with van der Waals surface area (Å²) in [6.45, 7) is 6.56. The van der Waals surface area contributed by atoms with Gasteiger partial charge in [-0.25, -0.2) is 0 Å². The number of carbonyl (C=O) groups excluding carboxylic acids is 3. The first-order valence-electron chi connectivity index (χ1n) is 34.9. The fourth-order valence-electron chi connectivity index (χ4n) is 10.3. The maximum atomic E-state index is 12.9. The molecule has 0 rings (SSSR count). The predicted molar refractivity (Wildman–Crippen MR) is 348 cm³/mol. The quantitative estimate of drug-likeness (QED) is 0.0261. The van der Waals surface area contributed by atoms with Crippen LogP contribution in [0.3, 0.4) is 0 Å². The van der Waals surface area contributed by atoms with E-state index in [9.17, 15) is 14.4 Å². The summed E-state index contributed by atoms with van der Waals surface area (Å²) >= 11 is 0. The molecule has 0 N–H and O–H groups in total. The van der Waals surface area contributed by atoms with Crippen molar-refractivity contribution in [1.29, 1.82) is 0 Å². The Morgan fingerprint density at radius 1 is 0.263 bits per heavy atom. The van der Waals surface area contributed by atoms with Gasteiger partial charge in [0.05, 0.1) is 0 Å². The Morgan fingerprint density at radius 3 is 0.762 bits per heavy atom. The van der Waals surface area contributed by atoms with E-state index in [1.54, 1.807) is 0 Å². The summed E-state index contributed by atoms with van der Waals surface area (Å²) in [5.74, 6) is -0.862. The highest BCUT2D eigenvalue weighted by molar-refractivity contribution is 5.71. The average molecular weight is 1120 g/mol. The minimum Gasteiger partial charge on any atom is -0.462 e. The highest BCUT2D eigenvalue weighted by Gasteiger charge is 2.19. The van der Waals surface area contributed by atoms with Crippen molar-refractivity contribution in [3.05, 3.63) is 72.9 Å². The fraction of sp³-hybridized carbons (Fsp3) is 0.797. The highest BCUT2D eigenvalue weighted by Crippen LogP contribution is 2.18. The van der Waals surface area contributed by atoms with E-state index in [1.807, 2.05) is 0 Å². The summed E-state index contributed by atoms with van der Waals surface area (Å²) in [6, 6.07) is 0. The van der Waals surface area contributed by atoms with Gasteiger partial charge in [0.25, 0.3) is 0 Å². The molecule has 0 saturated carbocycles. The molecule has 464 valence electrons. The third kappa shape index (κ3) is 65.7. The maximum absolute atomic E-state index is 12.9. The molecular weight excluding hydrogens is 985 g/mol. The molecule has 80 heavy (non-hydrogen) atoms. The van der Waals surface area contributed by atoms with Crippen molar-refractivity contribution >= 4 is 17.9 Å². The first-order valence-corrected chi connectivity index (χ1v) is 34.9. The third-order valence-electron chi connectivity index (χ3n) is 15.5. The zero-order valence-corrected chi connectivity index (χ0v) is 53.3. The van der Waals surface area contributed by atoms with Crippen LogP contribution in [0.2, 0.25) is 0 Å². The van der Waals surface area contributed by atoms with Crippen LogP contribution in [-0.4, -0.2) is 37.2 Å². The molecule has 1 atom stereocenters. The van der Waals surface area contributed by atoms with Crippen molar-refractivity contribution in [1.82, 2.24) is 0 Å². The zero-order valence-electron chi connectivity index (χ0n) is 53.3. The molecule has 0 bridgehead atoms. The molecule has 0 heterocycles. The van der Waals surface area contributed by atoms with Crippen LogP contribution >= 0.6 is 0 Å². The van der Waals surface area contributed by atoms with E-state index in [-0.39, 0.29) is 31.1 Å². The molecule has 1 unspecified atom stereocenters. The standard InChI is InChI=1S/C74H132O6/c1-4-7-10-13-16-19-22-24-26-28-30-32-34-36-37-39-40-42-44-46-48-50-52-55-58-61-64-67-73(76)79-70-71(69-78-72(75)66-63-60-57-54-21-18-15-12-9-6-3)80-74(77)68-65-62-59-56-53-51-49-47-45-43-41-38-35-33-31-29-27-25-23-20-17-14-11-8-5-2/h7,10,16,19,24,26,30,32,36-37,40,42,71H,4-6,8-9,11-15,17-18,20-23,25,27-29,31,33-35,38-39,41,43-70H2,1-3H3/b10-7-,19-16-,26-24-,32-30-,37-36-,42-40-. The van der Waals surface area contributed by atoms with E-state index in [2.05, 4.69) is 93.7 Å². The van der Waals surface area contributed by atoms with E-state index in [1.165, 1.54) is 218 Å². The van der Waals surface area contributed by atoms with Gasteiger partial charge in [0.2, 0.25) is 0 Å². The lowest BCUT2D eigenvalue weighted by Crippen LogP contribution is -2.30. The van der Waals surface area contributed by atoms with E-state index in [4.69, 9.17) is 14.2 Å².